The van der Waals surface area contributed by atoms with E-state index >= 15 is 0 Å². The number of hydrogen-bond acceptors (Lipinski definition) is 2. The topological polar surface area (TPSA) is 26.3 Å². The predicted octanol–water partition coefficient (Wildman–Crippen LogP) is 7.79. The fourth-order valence-corrected chi connectivity index (χ4v) is 7.05. The molecule has 0 saturated heterocycles. The van der Waals surface area contributed by atoms with Crippen LogP contribution in [0.4, 0.5) is 0 Å². The molecule has 0 heterocycles. The second kappa shape index (κ2) is 15.7. The van der Waals surface area contributed by atoms with Gasteiger partial charge in [-0.15, -0.1) is 0 Å². The van der Waals surface area contributed by atoms with Crippen molar-refractivity contribution in [2.75, 3.05) is 0 Å². The van der Waals surface area contributed by atoms with E-state index in [2.05, 4.69) is 27.4 Å². The highest BCUT2D eigenvalue weighted by atomic mass is 28.4. The molecule has 0 aromatic carbocycles. The zero-order valence-corrected chi connectivity index (χ0v) is 18.6. The average Bonchev–Trinajstić information content (AvgIpc) is 2.60. The number of carbonyl (C=O) groups is 1. The van der Waals surface area contributed by atoms with Crippen molar-refractivity contribution < 1.29 is 9.22 Å². The quantitative estimate of drug-likeness (QED) is 0.149. The van der Waals surface area contributed by atoms with E-state index in [4.69, 9.17) is 4.43 Å². The molecule has 0 aromatic heterocycles. The molecule has 3 heteroatoms. The highest BCUT2D eigenvalue weighted by Crippen LogP contribution is 2.29. The standard InChI is InChI=1S/C22H44O2Si/c1-6-9-11-13-15-17-19-25(8-3,24-22(23)21(4)5)20-18-16-14-12-10-7-2/h4,6-20H2,1-3,5H3. The Labute approximate surface area is 158 Å². The Balaban J connectivity index is 4.44. The largest absolute Gasteiger partial charge is 0.516 e. The van der Waals surface area contributed by atoms with Crippen molar-refractivity contribution >= 4 is 14.3 Å². The lowest BCUT2D eigenvalue weighted by Gasteiger charge is -2.30. The molecule has 25 heavy (non-hydrogen) atoms. The van der Waals surface area contributed by atoms with Crippen LogP contribution in [-0.2, 0) is 9.22 Å². The van der Waals surface area contributed by atoms with Crippen LogP contribution in [0.5, 0.6) is 0 Å². The number of rotatable bonds is 17. The Bertz CT molecular complexity index is 336. The van der Waals surface area contributed by atoms with E-state index in [0.29, 0.717) is 5.57 Å². The van der Waals surface area contributed by atoms with Crippen LogP contribution in [0.15, 0.2) is 12.2 Å². The lowest BCUT2D eigenvalue weighted by molar-refractivity contribution is -0.131. The van der Waals surface area contributed by atoms with Crippen molar-refractivity contribution in [1.82, 2.24) is 0 Å². The first-order chi connectivity index (χ1) is 12.0. The second-order valence-electron chi connectivity index (χ2n) is 7.74. The zero-order valence-electron chi connectivity index (χ0n) is 17.6. The van der Waals surface area contributed by atoms with E-state index in [1.54, 1.807) is 6.92 Å². The maximum absolute atomic E-state index is 12.2. The molecule has 148 valence electrons. The summed E-state index contributed by atoms with van der Waals surface area (Å²) in [7, 11) is -1.94. The average molecular weight is 369 g/mol. The van der Waals surface area contributed by atoms with E-state index in [-0.39, 0.29) is 5.97 Å². The molecule has 0 aliphatic rings. The number of unbranched alkanes of at least 4 members (excludes halogenated alkanes) is 10. The molecular formula is C22H44O2Si. The van der Waals surface area contributed by atoms with Gasteiger partial charge in [0.15, 0.2) is 0 Å². The fraction of sp³-hybridized carbons (Fsp3) is 0.864. The molecular weight excluding hydrogens is 324 g/mol. The molecule has 0 atom stereocenters. The van der Waals surface area contributed by atoms with Crippen LogP contribution in [0.3, 0.4) is 0 Å². The van der Waals surface area contributed by atoms with Crippen LogP contribution in [0.1, 0.15) is 105 Å². The first kappa shape index (κ1) is 24.4. The highest BCUT2D eigenvalue weighted by molar-refractivity contribution is 6.75. The molecule has 0 aliphatic heterocycles. The van der Waals surface area contributed by atoms with Gasteiger partial charge in [0, 0.05) is 5.57 Å². The van der Waals surface area contributed by atoms with Crippen molar-refractivity contribution in [1.29, 1.82) is 0 Å². The van der Waals surface area contributed by atoms with Gasteiger partial charge in [0.2, 0.25) is 0 Å². The number of carbonyl (C=O) groups excluding carboxylic acids is 1. The van der Waals surface area contributed by atoms with Crippen LogP contribution in [0.2, 0.25) is 18.1 Å². The summed E-state index contributed by atoms with van der Waals surface area (Å²) in [6.45, 7) is 12.3. The lowest BCUT2D eigenvalue weighted by atomic mass is 10.1. The second-order valence-corrected chi connectivity index (χ2v) is 12.0. The summed E-state index contributed by atoms with van der Waals surface area (Å²) < 4.78 is 6.10. The molecule has 0 spiro atoms. The van der Waals surface area contributed by atoms with Gasteiger partial charge in [-0.1, -0.05) is 104 Å². The minimum atomic E-state index is -1.94. The Kier molecular flexibility index (Phi) is 15.3. The van der Waals surface area contributed by atoms with Crippen LogP contribution in [-0.4, -0.2) is 14.3 Å². The van der Waals surface area contributed by atoms with Crippen molar-refractivity contribution in [2.45, 2.75) is 123 Å². The van der Waals surface area contributed by atoms with Gasteiger partial charge in [-0.3, -0.25) is 0 Å². The van der Waals surface area contributed by atoms with Gasteiger partial charge in [-0.25, -0.2) is 4.79 Å². The van der Waals surface area contributed by atoms with Gasteiger partial charge in [0.1, 0.15) is 0 Å². The zero-order chi connectivity index (χ0) is 19.0. The third-order valence-corrected chi connectivity index (χ3v) is 9.71. The first-order valence-electron chi connectivity index (χ1n) is 10.9. The first-order valence-corrected chi connectivity index (χ1v) is 13.4. The summed E-state index contributed by atoms with van der Waals surface area (Å²) >= 11 is 0. The normalized spacial score (nSPS) is 11.5. The van der Waals surface area contributed by atoms with Crippen molar-refractivity contribution in [3.63, 3.8) is 0 Å². The Morgan fingerprint density at radius 2 is 1.16 bits per heavy atom. The van der Waals surface area contributed by atoms with Crippen molar-refractivity contribution in [2.24, 2.45) is 0 Å². The van der Waals surface area contributed by atoms with Crippen LogP contribution in [0, 0.1) is 0 Å². The van der Waals surface area contributed by atoms with Crippen LogP contribution >= 0.6 is 0 Å². The lowest BCUT2D eigenvalue weighted by Crippen LogP contribution is -2.39. The SMILES string of the molecule is C=C(C)C(=O)O[Si](CC)(CCCCCCCC)CCCCCCCC. The van der Waals surface area contributed by atoms with Crippen LogP contribution < -0.4 is 0 Å². The molecule has 0 saturated carbocycles. The van der Waals surface area contributed by atoms with Gasteiger partial charge in [0.25, 0.3) is 8.32 Å². The van der Waals surface area contributed by atoms with Crippen LogP contribution in [0.25, 0.3) is 0 Å². The summed E-state index contributed by atoms with van der Waals surface area (Å²) in [6, 6.07) is 3.34. The summed E-state index contributed by atoms with van der Waals surface area (Å²) in [6.07, 6.45) is 15.7. The summed E-state index contributed by atoms with van der Waals surface area (Å²) in [5, 5.41) is 0. The van der Waals surface area contributed by atoms with Gasteiger partial charge >= 0.3 is 5.97 Å². The van der Waals surface area contributed by atoms with Gasteiger partial charge < -0.3 is 4.43 Å². The van der Waals surface area contributed by atoms with E-state index in [1.165, 1.54) is 77.0 Å². The Morgan fingerprint density at radius 1 is 0.760 bits per heavy atom. The molecule has 0 radical (unpaired) electrons. The molecule has 0 N–H and O–H groups in total. The molecule has 0 aromatic rings. The summed E-state index contributed by atoms with van der Waals surface area (Å²) in [4.78, 5) is 12.2. The number of hydrogen-bond donors (Lipinski definition) is 0. The van der Waals surface area contributed by atoms with Gasteiger partial charge in [-0.2, -0.15) is 0 Å². The smallest absolute Gasteiger partial charge is 0.319 e. The minimum absolute atomic E-state index is 0.148. The third kappa shape index (κ3) is 12.4. The maximum Gasteiger partial charge on any atom is 0.319 e. The molecule has 0 bridgehead atoms. The Hall–Kier alpha value is -0.573. The van der Waals surface area contributed by atoms with Crippen molar-refractivity contribution in [3.8, 4) is 0 Å². The Morgan fingerprint density at radius 3 is 1.52 bits per heavy atom. The van der Waals surface area contributed by atoms with Gasteiger partial charge in [-0.05, 0) is 25.1 Å². The molecule has 2 nitrogen and oxygen atoms in total. The van der Waals surface area contributed by atoms with Crippen molar-refractivity contribution in [3.05, 3.63) is 12.2 Å². The molecule has 0 rings (SSSR count). The molecule has 0 amide bonds. The molecule has 0 fully saturated rings. The monoisotopic (exact) mass is 368 g/mol. The predicted molar refractivity (Wildman–Crippen MR) is 114 cm³/mol. The maximum atomic E-state index is 12.2. The summed E-state index contributed by atoms with van der Waals surface area (Å²) in [5.41, 5.74) is 0.552. The van der Waals surface area contributed by atoms with E-state index in [0.717, 1.165) is 18.1 Å². The fourth-order valence-electron chi connectivity index (χ4n) is 3.39. The summed E-state index contributed by atoms with van der Waals surface area (Å²) in [5.74, 6) is -0.148. The van der Waals surface area contributed by atoms with E-state index < -0.39 is 8.32 Å². The molecule has 0 aliphatic carbocycles. The molecule has 0 unspecified atom stereocenters. The third-order valence-electron chi connectivity index (χ3n) is 5.27. The van der Waals surface area contributed by atoms with E-state index in [9.17, 15) is 4.79 Å². The van der Waals surface area contributed by atoms with Gasteiger partial charge in [0.05, 0.1) is 0 Å². The van der Waals surface area contributed by atoms with E-state index in [1.807, 2.05) is 0 Å². The highest BCUT2D eigenvalue weighted by Gasteiger charge is 2.35. The minimum Gasteiger partial charge on any atom is -0.516 e.